The first-order valence-corrected chi connectivity index (χ1v) is 6.13. The van der Waals surface area contributed by atoms with Crippen LogP contribution < -0.4 is 5.32 Å². The van der Waals surface area contributed by atoms with Crippen molar-refractivity contribution in [3.8, 4) is 0 Å². The molecular formula is C12H10ClN5O. The van der Waals surface area contributed by atoms with E-state index in [2.05, 4.69) is 25.7 Å². The second-order valence-corrected chi connectivity index (χ2v) is 4.25. The molecule has 0 bridgehead atoms. The first-order valence-electron chi connectivity index (χ1n) is 5.75. The zero-order valence-electron chi connectivity index (χ0n) is 9.88. The van der Waals surface area contributed by atoms with Gasteiger partial charge in [0.25, 0.3) is 0 Å². The van der Waals surface area contributed by atoms with E-state index in [1.807, 2.05) is 24.3 Å². The number of halogens is 1. The van der Waals surface area contributed by atoms with Crippen molar-refractivity contribution in [2.24, 2.45) is 0 Å². The molecular weight excluding hydrogens is 266 g/mol. The van der Waals surface area contributed by atoms with E-state index < -0.39 is 0 Å². The topological polar surface area (TPSA) is 76.7 Å². The van der Waals surface area contributed by atoms with Gasteiger partial charge in [-0.15, -0.1) is 10.2 Å². The average Bonchev–Trinajstić information content (AvgIpc) is 2.95. The number of anilines is 1. The van der Waals surface area contributed by atoms with Gasteiger partial charge in [0, 0.05) is 23.7 Å². The van der Waals surface area contributed by atoms with Crippen molar-refractivity contribution in [1.82, 2.24) is 20.3 Å². The Hall–Kier alpha value is -2.21. The van der Waals surface area contributed by atoms with Gasteiger partial charge >= 0.3 is 0 Å². The Bertz CT molecular complexity index is 686. The Morgan fingerprint density at radius 3 is 2.79 bits per heavy atom. The molecule has 0 unspecified atom stereocenters. The molecule has 0 saturated heterocycles. The predicted octanol–water partition coefficient (Wildman–Crippen LogP) is 2.32. The first kappa shape index (κ1) is 11.9. The smallest absolute Gasteiger partial charge is 0.228 e. The van der Waals surface area contributed by atoms with Gasteiger partial charge in [-0.1, -0.05) is 41.0 Å². The number of hydrogen-bond donors (Lipinski definition) is 1. The SMILES string of the molecule is Clc1nnc(NCCc2ncno2)c2ccccc12. The van der Waals surface area contributed by atoms with Crippen molar-refractivity contribution in [1.29, 1.82) is 0 Å². The maximum Gasteiger partial charge on any atom is 0.228 e. The third-order valence-electron chi connectivity index (χ3n) is 2.68. The Morgan fingerprint density at radius 1 is 1.16 bits per heavy atom. The van der Waals surface area contributed by atoms with Gasteiger partial charge in [0.05, 0.1) is 0 Å². The predicted molar refractivity (Wildman–Crippen MR) is 71.0 cm³/mol. The van der Waals surface area contributed by atoms with Crippen LogP contribution in [0.2, 0.25) is 5.15 Å². The van der Waals surface area contributed by atoms with Gasteiger partial charge in [0.1, 0.15) is 0 Å². The molecule has 1 aromatic carbocycles. The monoisotopic (exact) mass is 275 g/mol. The van der Waals surface area contributed by atoms with E-state index >= 15 is 0 Å². The Morgan fingerprint density at radius 2 is 2.00 bits per heavy atom. The molecule has 3 aromatic rings. The van der Waals surface area contributed by atoms with Crippen molar-refractivity contribution in [3.05, 3.63) is 41.6 Å². The largest absolute Gasteiger partial charge is 0.368 e. The maximum absolute atomic E-state index is 6.01. The third kappa shape index (κ3) is 2.48. The molecule has 0 radical (unpaired) electrons. The molecule has 6 nitrogen and oxygen atoms in total. The van der Waals surface area contributed by atoms with E-state index in [4.69, 9.17) is 16.1 Å². The lowest BCUT2D eigenvalue weighted by Crippen LogP contribution is -2.07. The summed E-state index contributed by atoms with van der Waals surface area (Å²) in [6.07, 6.45) is 2.01. The molecule has 7 heteroatoms. The molecule has 96 valence electrons. The Balaban J connectivity index is 1.79. The van der Waals surface area contributed by atoms with E-state index in [0.29, 0.717) is 29.8 Å². The molecule has 0 aliphatic heterocycles. The molecule has 0 saturated carbocycles. The second kappa shape index (κ2) is 5.19. The van der Waals surface area contributed by atoms with Crippen molar-refractivity contribution in [2.45, 2.75) is 6.42 Å². The zero-order chi connectivity index (χ0) is 13.1. The van der Waals surface area contributed by atoms with Crippen LogP contribution in [0.15, 0.2) is 35.1 Å². The lowest BCUT2D eigenvalue weighted by molar-refractivity contribution is 0.379. The van der Waals surface area contributed by atoms with Crippen LogP contribution in [-0.4, -0.2) is 26.9 Å². The maximum atomic E-state index is 6.01. The molecule has 19 heavy (non-hydrogen) atoms. The summed E-state index contributed by atoms with van der Waals surface area (Å²) in [6, 6.07) is 7.71. The van der Waals surface area contributed by atoms with Crippen LogP contribution in [0.1, 0.15) is 5.89 Å². The average molecular weight is 276 g/mol. The van der Waals surface area contributed by atoms with Crippen LogP contribution >= 0.6 is 11.6 Å². The Labute approximate surface area is 113 Å². The fraction of sp³-hybridized carbons (Fsp3) is 0.167. The number of aromatic nitrogens is 4. The zero-order valence-corrected chi connectivity index (χ0v) is 10.6. The third-order valence-corrected chi connectivity index (χ3v) is 2.96. The standard InChI is InChI=1S/C12H10ClN5O/c13-11-8-3-1-2-4-9(8)12(18-17-11)14-6-5-10-15-7-16-19-10/h1-4,7H,5-6H2,(H,14,18). The minimum Gasteiger partial charge on any atom is -0.368 e. The highest BCUT2D eigenvalue weighted by molar-refractivity contribution is 6.34. The van der Waals surface area contributed by atoms with Gasteiger partial charge in [-0.05, 0) is 0 Å². The molecule has 2 aromatic heterocycles. The van der Waals surface area contributed by atoms with Gasteiger partial charge in [-0.2, -0.15) is 4.98 Å². The molecule has 0 aliphatic rings. The summed E-state index contributed by atoms with van der Waals surface area (Å²) in [6.45, 7) is 0.627. The quantitative estimate of drug-likeness (QED) is 0.787. The van der Waals surface area contributed by atoms with Gasteiger partial charge < -0.3 is 9.84 Å². The van der Waals surface area contributed by atoms with Crippen molar-refractivity contribution in [3.63, 3.8) is 0 Å². The van der Waals surface area contributed by atoms with Crippen molar-refractivity contribution >= 4 is 28.2 Å². The Kier molecular flexibility index (Phi) is 3.24. The number of benzene rings is 1. The van der Waals surface area contributed by atoms with Crippen molar-refractivity contribution < 1.29 is 4.52 Å². The van der Waals surface area contributed by atoms with Crippen LogP contribution in [0.25, 0.3) is 10.8 Å². The lowest BCUT2D eigenvalue weighted by atomic mass is 10.2. The number of rotatable bonds is 4. The lowest BCUT2D eigenvalue weighted by Gasteiger charge is -2.07. The van der Waals surface area contributed by atoms with Gasteiger partial charge in [-0.3, -0.25) is 0 Å². The highest BCUT2D eigenvalue weighted by Gasteiger charge is 2.07. The first-order chi connectivity index (χ1) is 9.34. The van der Waals surface area contributed by atoms with Gasteiger partial charge in [0.15, 0.2) is 17.3 Å². The summed E-state index contributed by atoms with van der Waals surface area (Å²) in [5.41, 5.74) is 0. The van der Waals surface area contributed by atoms with Crippen LogP contribution in [0.5, 0.6) is 0 Å². The summed E-state index contributed by atoms with van der Waals surface area (Å²) in [7, 11) is 0. The van der Waals surface area contributed by atoms with Crippen LogP contribution in [0.4, 0.5) is 5.82 Å². The van der Waals surface area contributed by atoms with E-state index in [-0.39, 0.29) is 0 Å². The fourth-order valence-electron chi connectivity index (χ4n) is 1.80. The van der Waals surface area contributed by atoms with E-state index in [1.54, 1.807) is 0 Å². The molecule has 0 atom stereocenters. The summed E-state index contributed by atoms with van der Waals surface area (Å²) >= 11 is 6.01. The van der Waals surface area contributed by atoms with Gasteiger partial charge in [-0.25, -0.2) is 0 Å². The molecule has 0 amide bonds. The molecule has 0 spiro atoms. The van der Waals surface area contributed by atoms with E-state index in [9.17, 15) is 0 Å². The normalized spacial score (nSPS) is 10.8. The summed E-state index contributed by atoms with van der Waals surface area (Å²) in [5.74, 6) is 1.28. The fourth-order valence-corrected chi connectivity index (χ4v) is 2.00. The van der Waals surface area contributed by atoms with E-state index in [1.165, 1.54) is 6.33 Å². The minimum absolute atomic E-state index is 0.401. The summed E-state index contributed by atoms with van der Waals surface area (Å²) in [4.78, 5) is 3.95. The van der Waals surface area contributed by atoms with Crippen molar-refractivity contribution in [2.75, 3.05) is 11.9 Å². The van der Waals surface area contributed by atoms with Crippen LogP contribution in [0, 0.1) is 0 Å². The van der Waals surface area contributed by atoms with Crippen LogP contribution in [0.3, 0.4) is 0 Å². The number of nitrogens with one attached hydrogen (secondary N) is 1. The van der Waals surface area contributed by atoms with Crippen LogP contribution in [-0.2, 0) is 6.42 Å². The summed E-state index contributed by atoms with van der Waals surface area (Å²) < 4.78 is 4.92. The minimum atomic E-state index is 0.401. The highest BCUT2D eigenvalue weighted by Crippen LogP contribution is 2.25. The van der Waals surface area contributed by atoms with Gasteiger partial charge in [0.2, 0.25) is 5.89 Å². The number of fused-ring (bicyclic) bond motifs is 1. The number of nitrogens with zero attached hydrogens (tertiary/aromatic N) is 4. The number of hydrogen-bond acceptors (Lipinski definition) is 6. The summed E-state index contributed by atoms with van der Waals surface area (Å²) in [5, 5.41) is 16.9. The highest BCUT2D eigenvalue weighted by atomic mass is 35.5. The molecule has 0 aliphatic carbocycles. The molecule has 0 fully saturated rings. The second-order valence-electron chi connectivity index (χ2n) is 3.90. The molecule has 2 heterocycles. The molecule has 3 rings (SSSR count). The van der Waals surface area contributed by atoms with E-state index in [0.717, 1.165) is 10.8 Å². The molecule has 1 N–H and O–H groups in total.